The van der Waals surface area contributed by atoms with E-state index in [1.165, 1.54) is 11.1 Å². The van der Waals surface area contributed by atoms with Crippen LogP contribution in [-0.4, -0.2) is 12.6 Å². The normalized spacial score (nSPS) is 25.1. The second-order valence-corrected chi connectivity index (χ2v) is 3.78. The zero-order valence-electron chi connectivity index (χ0n) is 7.85. The molecule has 0 spiro atoms. The number of fused-ring (bicyclic) bond motifs is 1. The highest BCUT2D eigenvalue weighted by atomic mass is 16.1. The molecule has 0 aliphatic heterocycles. The third kappa shape index (κ3) is 1.48. The standard InChI is InChI=1S/C12H12O2/c13-7-11-5-9-3-1-2-4-10(9)6-12(11)8-14/h1-4,7-8,11-12H,5-6H2. The number of benzene rings is 1. The highest BCUT2D eigenvalue weighted by molar-refractivity contribution is 5.67. The van der Waals surface area contributed by atoms with Crippen molar-refractivity contribution in [2.75, 3.05) is 0 Å². The smallest absolute Gasteiger partial charge is 0.124 e. The van der Waals surface area contributed by atoms with Crippen molar-refractivity contribution in [3.8, 4) is 0 Å². The summed E-state index contributed by atoms with van der Waals surface area (Å²) in [6.45, 7) is 0. The summed E-state index contributed by atoms with van der Waals surface area (Å²) >= 11 is 0. The van der Waals surface area contributed by atoms with E-state index in [0.717, 1.165) is 12.6 Å². The van der Waals surface area contributed by atoms with Gasteiger partial charge in [-0.1, -0.05) is 24.3 Å². The second kappa shape index (κ2) is 3.74. The summed E-state index contributed by atoms with van der Waals surface area (Å²) in [5.74, 6) is -0.246. The largest absolute Gasteiger partial charge is 0.303 e. The molecule has 0 aromatic heterocycles. The van der Waals surface area contributed by atoms with Crippen LogP contribution >= 0.6 is 0 Å². The molecule has 2 nitrogen and oxygen atoms in total. The minimum Gasteiger partial charge on any atom is -0.303 e. The van der Waals surface area contributed by atoms with Gasteiger partial charge >= 0.3 is 0 Å². The molecule has 0 fully saturated rings. The number of hydrogen-bond acceptors (Lipinski definition) is 2. The van der Waals surface area contributed by atoms with Gasteiger partial charge in [0.15, 0.2) is 0 Å². The number of aldehydes is 2. The molecule has 1 aromatic carbocycles. The molecule has 0 radical (unpaired) electrons. The third-order valence-electron chi connectivity index (χ3n) is 2.93. The molecule has 2 rings (SSSR count). The van der Waals surface area contributed by atoms with Gasteiger partial charge in [0.1, 0.15) is 12.6 Å². The fourth-order valence-corrected chi connectivity index (χ4v) is 2.06. The van der Waals surface area contributed by atoms with Crippen molar-refractivity contribution in [3.05, 3.63) is 35.4 Å². The number of carbonyl (C=O) groups is 2. The minimum absolute atomic E-state index is 0.123. The molecule has 1 aliphatic carbocycles. The molecule has 0 amide bonds. The van der Waals surface area contributed by atoms with Gasteiger partial charge in [-0.2, -0.15) is 0 Å². The Labute approximate surface area is 82.9 Å². The molecule has 0 saturated carbocycles. The van der Waals surface area contributed by atoms with Crippen LogP contribution in [0.2, 0.25) is 0 Å². The average Bonchev–Trinajstić information content (AvgIpc) is 2.27. The molecule has 72 valence electrons. The van der Waals surface area contributed by atoms with Crippen LogP contribution in [-0.2, 0) is 22.4 Å². The fourth-order valence-electron chi connectivity index (χ4n) is 2.06. The maximum atomic E-state index is 10.8. The van der Waals surface area contributed by atoms with E-state index in [9.17, 15) is 9.59 Å². The molecule has 2 atom stereocenters. The van der Waals surface area contributed by atoms with Crippen LogP contribution in [0.4, 0.5) is 0 Å². The minimum atomic E-state index is -0.123. The molecule has 2 unspecified atom stereocenters. The van der Waals surface area contributed by atoms with Gasteiger partial charge < -0.3 is 9.59 Å². The quantitative estimate of drug-likeness (QED) is 0.658. The van der Waals surface area contributed by atoms with Crippen molar-refractivity contribution < 1.29 is 9.59 Å². The van der Waals surface area contributed by atoms with Gasteiger partial charge in [0, 0.05) is 11.8 Å². The second-order valence-electron chi connectivity index (χ2n) is 3.78. The van der Waals surface area contributed by atoms with Crippen molar-refractivity contribution in [2.45, 2.75) is 12.8 Å². The Bertz CT molecular complexity index is 322. The van der Waals surface area contributed by atoms with E-state index in [0.29, 0.717) is 12.8 Å². The molecule has 0 N–H and O–H groups in total. The van der Waals surface area contributed by atoms with E-state index < -0.39 is 0 Å². The number of hydrogen-bond donors (Lipinski definition) is 0. The van der Waals surface area contributed by atoms with Crippen LogP contribution < -0.4 is 0 Å². The Morgan fingerprint density at radius 3 is 1.71 bits per heavy atom. The molecule has 1 aromatic rings. The average molecular weight is 188 g/mol. The maximum absolute atomic E-state index is 10.8. The third-order valence-corrected chi connectivity index (χ3v) is 2.93. The predicted octanol–water partition coefficient (Wildman–Crippen LogP) is 1.42. The summed E-state index contributed by atoms with van der Waals surface area (Å²) in [4.78, 5) is 21.6. The molecule has 0 heterocycles. The Morgan fingerprint density at radius 1 is 0.929 bits per heavy atom. The Kier molecular flexibility index (Phi) is 2.44. The zero-order valence-corrected chi connectivity index (χ0v) is 7.85. The summed E-state index contributed by atoms with van der Waals surface area (Å²) in [7, 11) is 0. The summed E-state index contributed by atoms with van der Waals surface area (Å²) in [5.41, 5.74) is 2.42. The van der Waals surface area contributed by atoms with E-state index in [2.05, 4.69) is 0 Å². The summed E-state index contributed by atoms with van der Waals surface area (Å²) < 4.78 is 0. The van der Waals surface area contributed by atoms with Crippen LogP contribution in [0.3, 0.4) is 0 Å². The van der Waals surface area contributed by atoms with Crippen LogP contribution in [0, 0.1) is 11.8 Å². The van der Waals surface area contributed by atoms with Crippen LogP contribution in [0.25, 0.3) is 0 Å². The van der Waals surface area contributed by atoms with Gasteiger partial charge in [-0.25, -0.2) is 0 Å². The SMILES string of the molecule is O=CC1Cc2ccccc2CC1C=O. The van der Waals surface area contributed by atoms with Crippen molar-refractivity contribution in [3.63, 3.8) is 0 Å². The van der Waals surface area contributed by atoms with Crippen molar-refractivity contribution in [1.82, 2.24) is 0 Å². The Balaban J connectivity index is 2.33. The molecular formula is C12H12O2. The first-order valence-electron chi connectivity index (χ1n) is 4.82. The van der Waals surface area contributed by atoms with Crippen molar-refractivity contribution in [1.29, 1.82) is 0 Å². The first-order valence-corrected chi connectivity index (χ1v) is 4.82. The first-order chi connectivity index (χ1) is 6.85. The van der Waals surface area contributed by atoms with Gasteiger partial charge in [0.2, 0.25) is 0 Å². The summed E-state index contributed by atoms with van der Waals surface area (Å²) in [6.07, 6.45) is 3.25. The molecule has 1 aliphatic rings. The van der Waals surface area contributed by atoms with Crippen molar-refractivity contribution in [2.24, 2.45) is 11.8 Å². The van der Waals surface area contributed by atoms with Gasteiger partial charge in [0.05, 0.1) is 0 Å². The van der Waals surface area contributed by atoms with E-state index in [-0.39, 0.29) is 11.8 Å². The highest BCUT2D eigenvalue weighted by Gasteiger charge is 2.27. The molecule has 14 heavy (non-hydrogen) atoms. The Morgan fingerprint density at radius 2 is 1.36 bits per heavy atom. The van der Waals surface area contributed by atoms with Crippen molar-refractivity contribution >= 4 is 12.6 Å². The van der Waals surface area contributed by atoms with Crippen LogP contribution in [0.15, 0.2) is 24.3 Å². The van der Waals surface area contributed by atoms with Crippen LogP contribution in [0.1, 0.15) is 11.1 Å². The number of carbonyl (C=O) groups excluding carboxylic acids is 2. The lowest BCUT2D eigenvalue weighted by molar-refractivity contribution is -0.119. The van der Waals surface area contributed by atoms with E-state index in [1.807, 2.05) is 24.3 Å². The van der Waals surface area contributed by atoms with E-state index in [1.54, 1.807) is 0 Å². The van der Waals surface area contributed by atoms with Gasteiger partial charge in [-0.15, -0.1) is 0 Å². The molecule has 0 saturated heterocycles. The first kappa shape index (κ1) is 9.13. The van der Waals surface area contributed by atoms with E-state index in [4.69, 9.17) is 0 Å². The molecule has 0 bridgehead atoms. The maximum Gasteiger partial charge on any atom is 0.124 e. The topological polar surface area (TPSA) is 34.1 Å². The lowest BCUT2D eigenvalue weighted by atomic mass is 9.77. The number of rotatable bonds is 2. The summed E-state index contributed by atoms with van der Waals surface area (Å²) in [5, 5.41) is 0. The lowest BCUT2D eigenvalue weighted by Gasteiger charge is -2.25. The highest BCUT2D eigenvalue weighted by Crippen LogP contribution is 2.27. The molecular weight excluding hydrogens is 176 g/mol. The van der Waals surface area contributed by atoms with Gasteiger partial charge in [-0.3, -0.25) is 0 Å². The lowest BCUT2D eigenvalue weighted by Crippen LogP contribution is -2.27. The fraction of sp³-hybridized carbons (Fsp3) is 0.333. The van der Waals surface area contributed by atoms with Gasteiger partial charge in [-0.05, 0) is 24.0 Å². The van der Waals surface area contributed by atoms with E-state index >= 15 is 0 Å². The summed E-state index contributed by atoms with van der Waals surface area (Å²) in [6, 6.07) is 8.02. The molecule has 2 heteroatoms. The van der Waals surface area contributed by atoms with Gasteiger partial charge in [0.25, 0.3) is 0 Å². The van der Waals surface area contributed by atoms with Crippen LogP contribution in [0.5, 0.6) is 0 Å². The zero-order chi connectivity index (χ0) is 9.97. The monoisotopic (exact) mass is 188 g/mol. The Hall–Kier alpha value is -1.44. The predicted molar refractivity (Wildman–Crippen MR) is 53.0 cm³/mol.